The minimum Gasteiger partial charge on any atom is -0.478 e. The van der Waals surface area contributed by atoms with Crippen LogP contribution in [0.1, 0.15) is 37.9 Å². The Labute approximate surface area is 167 Å². The van der Waals surface area contributed by atoms with Gasteiger partial charge in [0.2, 0.25) is 0 Å². The zero-order chi connectivity index (χ0) is 20.4. The van der Waals surface area contributed by atoms with Crippen LogP contribution < -0.4 is 4.90 Å². The maximum atomic E-state index is 12.7. The molecule has 0 saturated heterocycles. The Morgan fingerprint density at radius 3 is 2.24 bits per heavy atom. The highest BCUT2D eigenvalue weighted by molar-refractivity contribution is 5.92. The Balaban J connectivity index is 1.70. The summed E-state index contributed by atoms with van der Waals surface area (Å²) in [6, 6.07) is 20.5. The number of carboxylic acids is 1. The van der Waals surface area contributed by atoms with E-state index in [0.717, 1.165) is 16.8 Å². The Morgan fingerprint density at radius 2 is 1.55 bits per heavy atom. The van der Waals surface area contributed by atoms with E-state index in [-0.39, 0.29) is 11.1 Å². The number of carboxylic acid groups (broad SMARTS) is 1. The quantitative estimate of drug-likeness (QED) is 0.530. The van der Waals surface area contributed by atoms with Gasteiger partial charge < -0.3 is 9.84 Å². The highest BCUT2D eigenvalue weighted by Gasteiger charge is 2.29. The molecule has 4 rings (SSSR count). The van der Waals surface area contributed by atoms with Crippen molar-refractivity contribution in [2.75, 3.05) is 4.90 Å². The Kier molecular flexibility index (Phi) is 4.71. The normalized spacial score (nSPS) is 14.7. The van der Waals surface area contributed by atoms with Crippen molar-refractivity contribution < 1.29 is 19.4 Å². The maximum Gasteiger partial charge on any atom is 0.338 e. The van der Waals surface area contributed by atoms with Gasteiger partial charge >= 0.3 is 11.9 Å². The molecule has 1 aliphatic heterocycles. The van der Waals surface area contributed by atoms with E-state index in [4.69, 9.17) is 9.84 Å². The van der Waals surface area contributed by atoms with Crippen LogP contribution in [0.3, 0.4) is 0 Å². The predicted octanol–water partition coefficient (Wildman–Crippen LogP) is 4.46. The number of ether oxygens (including phenoxy) is 1. The van der Waals surface area contributed by atoms with Crippen LogP contribution in [-0.2, 0) is 11.2 Å². The van der Waals surface area contributed by atoms with Gasteiger partial charge in [-0.1, -0.05) is 36.4 Å². The van der Waals surface area contributed by atoms with Crippen LogP contribution in [0.4, 0.5) is 11.4 Å². The summed E-state index contributed by atoms with van der Waals surface area (Å²) < 4.78 is 5.81. The van der Waals surface area contributed by atoms with Gasteiger partial charge in [-0.15, -0.1) is 0 Å². The summed E-state index contributed by atoms with van der Waals surface area (Å²) in [4.78, 5) is 25.3. The molecular weight excluding hydrogens is 368 g/mol. The molecule has 6 heteroatoms. The molecule has 3 aromatic rings. The standard InChI is InChI=1S/C23H16N2O4/c24-14-25-19-7-3-1-5-17(19)13-21(18-6-2-4-8-20(18)25)29-23(28)16-11-9-15(10-12-16)22(26)27/h1-12,21H,13H2,(H,26,27). The van der Waals surface area contributed by atoms with Crippen LogP contribution in [-0.4, -0.2) is 17.0 Å². The number of benzene rings is 3. The van der Waals surface area contributed by atoms with Gasteiger partial charge in [0.05, 0.1) is 22.5 Å². The van der Waals surface area contributed by atoms with Crippen molar-refractivity contribution in [2.24, 2.45) is 0 Å². The van der Waals surface area contributed by atoms with Gasteiger partial charge in [-0.3, -0.25) is 0 Å². The number of hydrogen-bond donors (Lipinski definition) is 1. The fraction of sp³-hybridized carbons (Fsp3) is 0.0870. The van der Waals surface area contributed by atoms with E-state index in [2.05, 4.69) is 6.19 Å². The molecule has 0 radical (unpaired) electrons. The number of esters is 1. The topological polar surface area (TPSA) is 90.6 Å². The fourth-order valence-electron chi connectivity index (χ4n) is 3.46. The summed E-state index contributed by atoms with van der Waals surface area (Å²) in [6.07, 6.45) is 2.05. The number of carbonyl (C=O) groups is 2. The van der Waals surface area contributed by atoms with Gasteiger partial charge in [-0.05, 0) is 42.0 Å². The van der Waals surface area contributed by atoms with Gasteiger partial charge in [-0.25, -0.2) is 14.5 Å². The van der Waals surface area contributed by atoms with E-state index >= 15 is 0 Å². The first-order valence-electron chi connectivity index (χ1n) is 8.99. The van der Waals surface area contributed by atoms with Crippen LogP contribution in [0.5, 0.6) is 0 Å². The molecule has 3 aromatic carbocycles. The smallest absolute Gasteiger partial charge is 0.338 e. The van der Waals surface area contributed by atoms with E-state index in [9.17, 15) is 14.9 Å². The summed E-state index contributed by atoms with van der Waals surface area (Å²) in [5.41, 5.74) is 3.41. The molecule has 0 saturated carbocycles. The summed E-state index contributed by atoms with van der Waals surface area (Å²) in [5.74, 6) is -1.61. The molecule has 1 aliphatic rings. The van der Waals surface area contributed by atoms with Crippen molar-refractivity contribution in [3.8, 4) is 6.19 Å². The lowest BCUT2D eigenvalue weighted by Crippen LogP contribution is -2.14. The van der Waals surface area contributed by atoms with Gasteiger partial charge in [-0.2, -0.15) is 5.26 Å². The molecule has 0 fully saturated rings. The molecule has 1 atom stereocenters. The first kappa shape index (κ1) is 18.3. The average molecular weight is 384 g/mol. The van der Waals surface area contributed by atoms with Crippen LogP contribution in [0.15, 0.2) is 72.8 Å². The molecule has 0 bridgehead atoms. The van der Waals surface area contributed by atoms with Crippen LogP contribution in [0.25, 0.3) is 0 Å². The van der Waals surface area contributed by atoms with E-state index in [1.165, 1.54) is 24.3 Å². The Morgan fingerprint density at radius 1 is 0.931 bits per heavy atom. The molecule has 0 amide bonds. The van der Waals surface area contributed by atoms with Crippen LogP contribution in [0.2, 0.25) is 0 Å². The molecule has 1 unspecified atom stereocenters. The number of rotatable bonds is 3. The van der Waals surface area contributed by atoms with Crippen molar-refractivity contribution >= 4 is 23.3 Å². The van der Waals surface area contributed by atoms with Crippen LogP contribution in [0, 0.1) is 11.5 Å². The minimum absolute atomic E-state index is 0.0972. The van der Waals surface area contributed by atoms with Crippen molar-refractivity contribution in [3.05, 3.63) is 95.1 Å². The van der Waals surface area contributed by atoms with E-state index in [1.54, 1.807) is 4.90 Å². The zero-order valence-electron chi connectivity index (χ0n) is 15.3. The average Bonchev–Trinajstić information content (AvgIpc) is 2.88. The highest BCUT2D eigenvalue weighted by Crippen LogP contribution is 2.41. The van der Waals surface area contributed by atoms with Crippen molar-refractivity contribution in [1.29, 1.82) is 5.26 Å². The minimum atomic E-state index is -1.06. The molecule has 0 spiro atoms. The Bertz CT molecular complexity index is 1130. The van der Waals surface area contributed by atoms with E-state index in [0.29, 0.717) is 12.1 Å². The number of nitrogens with zero attached hydrogens (tertiary/aromatic N) is 2. The first-order chi connectivity index (χ1) is 14.1. The van der Waals surface area contributed by atoms with E-state index < -0.39 is 18.0 Å². The molecule has 1 heterocycles. The van der Waals surface area contributed by atoms with Gasteiger partial charge in [0.25, 0.3) is 0 Å². The first-order valence-corrected chi connectivity index (χ1v) is 8.99. The lowest BCUT2D eigenvalue weighted by Gasteiger charge is -2.20. The summed E-state index contributed by atoms with van der Waals surface area (Å²) >= 11 is 0. The number of carbonyl (C=O) groups excluding carboxylic acids is 1. The lowest BCUT2D eigenvalue weighted by atomic mass is 10.0. The molecule has 0 aliphatic carbocycles. The molecule has 29 heavy (non-hydrogen) atoms. The third kappa shape index (κ3) is 3.42. The molecule has 142 valence electrons. The summed E-state index contributed by atoms with van der Waals surface area (Å²) in [6.45, 7) is 0. The van der Waals surface area contributed by atoms with Crippen molar-refractivity contribution in [2.45, 2.75) is 12.5 Å². The van der Waals surface area contributed by atoms with Crippen molar-refractivity contribution in [1.82, 2.24) is 0 Å². The number of nitriles is 1. The third-order valence-electron chi connectivity index (χ3n) is 4.88. The maximum absolute atomic E-state index is 12.7. The number of para-hydroxylation sites is 2. The SMILES string of the molecule is N#CN1c2ccccc2CC(OC(=O)c2ccc(C(=O)O)cc2)c2ccccc21. The second-order valence-corrected chi connectivity index (χ2v) is 6.60. The van der Waals surface area contributed by atoms with Gasteiger partial charge in [0.1, 0.15) is 6.10 Å². The third-order valence-corrected chi connectivity index (χ3v) is 4.88. The summed E-state index contributed by atoms with van der Waals surface area (Å²) in [7, 11) is 0. The highest BCUT2D eigenvalue weighted by atomic mass is 16.5. The number of aromatic carboxylic acids is 1. The second kappa shape index (κ2) is 7.49. The molecule has 1 N–H and O–H groups in total. The van der Waals surface area contributed by atoms with E-state index in [1.807, 2.05) is 48.5 Å². The lowest BCUT2D eigenvalue weighted by molar-refractivity contribution is 0.0300. The molecule has 0 aromatic heterocycles. The zero-order valence-corrected chi connectivity index (χ0v) is 15.3. The summed E-state index contributed by atoms with van der Waals surface area (Å²) in [5, 5.41) is 18.8. The monoisotopic (exact) mass is 384 g/mol. The van der Waals surface area contributed by atoms with Crippen LogP contribution >= 0.6 is 0 Å². The largest absolute Gasteiger partial charge is 0.478 e. The number of fused-ring (bicyclic) bond motifs is 2. The fourth-order valence-corrected chi connectivity index (χ4v) is 3.46. The second-order valence-electron chi connectivity index (χ2n) is 6.60. The van der Waals surface area contributed by atoms with Crippen molar-refractivity contribution in [3.63, 3.8) is 0 Å². The van der Waals surface area contributed by atoms with Gasteiger partial charge in [0.15, 0.2) is 6.19 Å². The number of anilines is 2. The Hall–Kier alpha value is -4.11. The van der Waals surface area contributed by atoms with Gasteiger partial charge in [0, 0.05) is 12.0 Å². The molecule has 6 nitrogen and oxygen atoms in total. The predicted molar refractivity (Wildman–Crippen MR) is 106 cm³/mol. The molecular formula is C23H16N2O4. The number of hydrogen-bond acceptors (Lipinski definition) is 5.